The number of phosphoric acid groups is 2. The Morgan fingerprint density at radius 3 is 2.55 bits per heavy atom. The SMILES string of the molecule is CC1[C@@H](COP(=O)(O)OP(=O)(O)O)O[C@@H](n2cnc3c(N)nc(N)nc32)C1(C)C. The van der Waals surface area contributed by atoms with Crippen LogP contribution < -0.4 is 11.5 Å². The third-order valence-corrected chi connectivity index (χ3v) is 7.15. The average Bonchev–Trinajstić information content (AvgIpc) is 3.04. The number of phosphoric ester groups is 1. The normalized spacial score (nSPS) is 26.6. The standard InChI is InChI=1S/C13H22N6O8P2/c1-6-7(4-25-29(23,24)27-28(20,21)22)26-11(13(6,2)3)19-5-16-8-9(14)17-12(15)18-10(8)19/h5-7,11H,4H2,1-3H3,(H,23,24)(H2,20,21,22)(H4,14,15,17,18)/t6?,7-,11-/m1/s1. The van der Waals surface area contributed by atoms with Gasteiger partial charge in [-0.15, -0.1) is 0 Å². The molecule has 0 aliphatic carbocycles. The Hall–Kier alpha value is -1.63. The van der Waals surface area contributed by atoms with E-state index >= 15 is 0 Å². The molecule has 2 aromatic rings. The molecule has 1 saturated heterocycles. The number of nitrogens with two attached hydrogens (primary N) is 2. The zero-order chi connectivity index (χ0) is 21.8. The highest BCUT2D eigenvalue weighted by Crippen LogP contribution is 2.58. The van der Waals surface area contributed by atoms with Gasteiger partial charge in [0.15, 0.2) is 11.5 Å². The third kappa shape index (κ3) is 4.44. The van der Waals surface area contributed by atoms with Crippen LogP contribution in [0.25, 0.3) is 11.2 Å². The van der Waals surface area contributed by atoms with Crippen LogP contribution in [0.5, 0.6) is 0 Å². The number of hydrogen-bond donors (Lipinski definition) is 5. The van der Waals surface area contributed by atoms with Gasteiger partial charge >= 0.3 is 15.6 Å². The molecule has 0 bridgehead atoms. The second kappa shape index (κ2) is 7.25. The quantitative estimate of drug-likeness (QED) is 0.383. The smallest absolute Gasteiger partial charge is 0.382 e. The largest absolute Gasteiger partial charge is 0.481 e. The minimum atomic E-state index is -5.21. The van der Waals surface area contributed by atoms with Gasteiger partial charge in [0.1, 0.15) is 11.7 Å². The first-order valence-corrected chi connectivity index (χ1v) is 11.4. The summed E-state index contributed by atoms with van der Waals surface area (Å²) in [5, 5.41) is 0. The van der Waals surface area contributed by atoms with Gasteiger partial charge in [0.25, 0.3) is 0 Å². The lowest BCUT2D eigenvalue weighted by atomic mass is 9.78. The van der Waals surface area contributed by atoms with Gasteiger partial charge in [-0.05, 0) is 5.92 Å². The third-order valence-electron chi connectivity index (χ3n) is 5.00. The predicted octanol–water partition coefficient (Wildman–Crippen LogP) is 0.777. The molecule has 162 valence electrons. The van der Waals surface area contributed by atoms with Crippen LogP contribution in [0.1, 0.15) is 27.0 Å². The van der Waals surface area contributed by atoms with Gasteiger partial charge < -0.3 is 30.9 Å². The van der Waals surface area contributed by atoms with E-state index in [-0.39, 0.29) is 17.7 Å². The topological polar surface area (TPSA) is 218 Å². The van der Waals surface area contributed by atoms with E-state index < -0.39 is 40.0 Å². The highest BCUT2D eigenvalue weighted by molar-refractivity contribution is 7.60. The summed E-state index contributed by atoms with van der Waals surface area (Å²) >= 11 is 0. The zero-order valence-corrected chi connectivity index (χ0v) is 17.5. The second-order valence-corrected chi connectivity index (χ2v) is 10.1. The van der Waals surface area contributed by atoms with E-state index in [2.05, 4.69) is 19.3 Å². The lowest BCUT2D eigenvalue weighted by Crippen LogP contribution is -2.29. The van der Waals surface area contributed by atoms with Gasteiger partial charge in [0.2, 0.25) is 5.95 Å². The number of hydrogen-bond acceptors (Lipinski definition) is 10. The van der Waals surface area contributed by atoms with Crippen molar-refractivity contribution in [1.29, 1.82) is 0 Å². The summed E-state index contributed by atoms with van der Waals surface area (Å²) in [6, 6.07) is 0. The summed E-state index contributed by atoms with van der Waals surface area (Å²) in [6.07, 6.45) is 0.154. The Morgan fingerprint density at radius 2 is 1.93 bits per heavy atom. The van der Waals surface area contributed by atoms with Gasteiger partial charge in [-0.2, -0.15) is 14.3 Å². The molecule has 16 heteroatoms. The van der Waals surface area contributed by atoms with Crippen LogP contribution in [0.15, 0.2) is 6.33 Å². The number of rotatable bonds is 6. The van der Waals surface area contributed by atoms with Gasteiger partial charge in [0, 0.05) is 5.41 Å². The van der Waals surface area contributed by atoms with Crippen LogP contribution in [-0.4, -0.2) is 46.9 Å². The molecule has 3 rings (SSSR count). The molecule has 7 N–H and O–H groups in total. The molecule has 0 radical (unpaired) electrons. The maximum Gasteiger partial charge on any atom is 0.481 e. The fraction of sp³-hybridized carbons (Fsp3) is 0.615. The monoisotopic (exact) mass is 452 g/mol. The highest BCUT2D eigenvalue weighted by atomic mass is 31.3. The Kier molecular flexibility index (Phi) is 5.52. The van der Waals surface area contributed by atoms with Crippen LogP contribution in [0.2, 0.25) is 0 Å². The molecular formula is C13H22N6O8P2. The van der Waals surface area contributed by atoms with Gasteiger partial charge in [-0.3, -0.25) is 9.09 Å². The molecule has 0 aromatic carbocycles. The Labute approximate surface area is 165 Å². The number of imidazole rings is 1. The van der Waals surface area contributed by atoms with Crippen LogP contribution in [0.4, 0.5) is 11.8 Å². The number of nitrogens with zero attached hydrogens (tertiary/aromatic N) is 4. The zero-order valence-electron chi connectivity index (χ0n) is 15.7. The van der Waals surface area contributed by atoms with Crippen molar-refractivity contribution in [2.45, 2.75) is 33.1 Å². The summed E-state index contributed by atoms with van der Waals surface area (Å²) in [5.41, 5.74) is 11.7. The number of ether oxygens (including phenoxy) is 1. The van der Waals surface area contributed by atoms with Crippen molar-refractivity contribution in [3.63, 3.8) is 0 Å². The van der Waals surface area contributed by atoms with Gasteiger partial charge in [-0.1, -0.05) is 20.8 Å². The Morgan fingerprint density at radius 1 is 1.28 bits per heavy atom. The lowest BCUT2D eigenvalue weighted by Gasteiger charge is -2.29. The number of anilines is 2. The van der Waals surface area contributed by atoms with E-state index in [4.69, 9.17) is 30.5 Å². The van der Waals surface area contributed by atoms with Crippen LogP contribution in [-0.2, 0) is 22.7 Å². The molecule has 1 aliphatic heterocycles. The number of fused-ring (bicyclic) bond motifs is 1. The summed E-state index contributed by atoms with van der Waals surface area (Å²) < 4.78 is 38.7. The van der Waals surface area contributed by atoms with Gasteiger partial charge in [0.05, 0.1) is 19.0 Å². The molecule has 1 aliphatic rings. The van der Waals surface area contributed by atoms with Crippen LogP contribution in [0, 0.1) is 11.3 Å². The molecule has 0 spiro atoms. The minimum absolute atomic E-state index is 0.0312. The Balaban J connectivity index is 1.85. The molecule has 3 heterocycles. The summed E-state index contributed by atoms with van der Waals surface area (Å²) in [6.45, 7) is 5.22. The van der Waals surface area contributed by atoms with Crippen molar-refractivity contribution in [2.75, 3.05) is 18.1 Å². The van der Waals surface area contributed by atoms with E-state index in [0.717, 1.165) is 0 Å². The van der Waals surface area contributed by atoms with Crippen molar-refractivity contribution in [3.8, 4) is 0 Å². The van der Waals surface area contributed by atoms with Crippen LogP contribution >= 0.6 is 15.6 Å². The average molecular weight is 452 g/mol. The van der Waals surface area contributed by atoms with E-state index in [9.17, 15) is 14.0 Å². The van der Waals surface area contributed by atoms with Crippen LogP contribution in [0.3, 0.4) is 0 Å². The highest BCUT2D eigenvalue weighted by Gasteiger charge is 2.50. The van der Waals surface area contributed by atoms with E-state index in [1.165, 1.54) is 6.33 Å². The summed E-state index contributed by atoms with van der Waals surface area (Å²) in [5.74, 6) is -0.126. The molecule has 4 atom stereocenters. The molecule has 1 fully saturated rings. The van der Waals surface area contributed by atoms with E-state index in [1.54, 1.807) is 4.57 Å². The number of aromatic nitrogens is 4. The Bertz CT molecular complexity index is 1020. The first kappa shape index (κ1) is 22.1. The second-order valence-electron chi connectivity index (χ2n) is 7.26. The van der Waals surface area contributed by atoms with Crippen molar-refractivity contribution < 1.29 is 37.4 Å². The first-order chi connectivity index (χ1) is 13.2. The molecule has 2 aromatic heterocycles. The molecule has 2 unspecified atom stereocenters. The molecule has 0 amide bonds. The van der Waals surface area contributed by atoms with E-state index in [1.807, 2.05) is 20.8 Å². The maximum absolute atomic E-state index is 11.7. The lowest BCUT2D eigenvalue weighted by molar-refractivity contribution is -0.0450. The van der Waals surface area contributed by atoms with Crippen molar-refractivity contribution in [2.24, 2.45) is 11.3 Å². The molecule has 0 saturated carbocycles. The maximum atomic E-state index is 11.7. The summed E-state index contributed by atoms with van der Waals surface area (Å²) in [4.78, 5) is 39.1. The van der Waals surface area contributed by atoms with Crippen molar-refractivity contribution >= 4 is 38.6 Å². The van der Waals surface area contributed by atoms with Gasteiger partial charge in [-0.25, -0.2) is 14.1 Å². The molecular weight excluding hydrogens is 430 g/mol. The molecule has 29 heavy (non-hydrogen) atoms. The minimum Gasteiger partial charge on any atom is -0.382 e. The molecule has 14 nitrogen and oxygen atoms in total. The van der Waals surface area contributed by atoms with Crippen molar-refractivity contribution in [1.82, 2.24) is 19.5 Å². The fourth-order valence-electron chi connectivity index (χ4n) is 3.22. The fourth-order valence-corrected chi connectivity index (χ4v) is 4.82. The first-order valence-electron chi connectivity index (χ1n) is 8.36. The summed E-state index contributed by atoms with van der Waals surface area (Å²) in [7, 11) is -10.2. The van der Waals surface area contributed by atoms with Crippen molar-refractivity contribution in [3.05, 3.63) is 6.33 Å². The predicted molar refractivity (Wildman–Crippen MR) is 99.9 cm³/mol. The van der Waals surface area contributed by atoms with E-state index in [0.29, 0.717) is 11.2 Å². The number of nitrogen functional groups attached to an aromatic ring is 2.